The summed E-state index contributed by atoms with van der Waals surface area (Å²) in [6, 6.07) is 15.8. The molecule has 0 aliphatic rings. The summed E-state index contributed by atoms with van der Waals surface area (Å²) in [5.41, 5.74) is 3.40. The van der Waals surface area contributed by atoms with Gasteiger partial charge in [-0.25, -0.2) is 0 Å². The molecule has 30 heavy (non-hydrogen) atoms. The van der Waals surface area contributed by atoms with Crippen molar-refractivity contribution in [2.24, 2.45) is 5.92 Å². The number of hydrogen-bond acceptors (Lipinski definition) is 3. The number of hydrogen-bond donors (Lipinski definition) is 1. The van der Waals surface area contributed by atoms with Crippen molar-refractivity contribution in [3.8, 4) is 0 Å². The second kappa shape index (κ2) is 11.8. The van der Waals surface area contributed by atoms with Crippen molar-refractivity contribution in [1.82, 2.24) is 10.2 Å². The second-order valence-corrected chi connectivity index (χ2v) is 9.22. The van der Waals surface area contributed by atoms with E-state index in [9.17, 15) is 9.59 Å². The molecule has 0 saturated carbocycles. The number of benzene rings is 2. The van der Waals surface area contributed by atoms with Gasteiger partial charge >= 0.3 is 0 Å². The number of amides is 2. The molecule has 162 valence electrons. The maximum Gasteiger partial charge on any atom is 0.242 e. The Morgan fingerprint density at radius 3 is 2.07 bits per heavy atom. The van der Waals surface area contributed by atoms with E-state index in [0.717, 1.165) is 10.5 Å². The van der Waals surface area contributed by atoms with Crippen LogP contribution < -0.4 is 5.32 Å². The Kier molecular flexibility index (Phi) is 9.44. The summed E-state index contributed by atoms with van der Waals surface area (Å²) in [6.07, 6.45) is 0.580. The molecule has 2 aromatic rings. The lowest BCUT2D eigenvalue weighted by Gasteiger charge is -2.31. The Morgan fingerprint density at radius 2 is 1.53 bits per heavy atom. The first-order valence-electron chi connectivity index (χ1n) is 10.6. The van der Waals surface area contributed by atoms with Crippen molar-refractivity contribution >= 4 is 23.6 Å². The van der Waals surface area contributed by atoms with Crippen molar-refractivity contribution < 1.29 is 9.59 Å². The largest absolute Gasteiger partial charge is 0.354 e. The molecule has 0 radical (unpaired) electrons. The molecular formula is C25H34N2O2S. The molecule has 0 aromatic heterocycles. The number of carbonyl (C=O) groups is 2. The van der Waals surface area contributed by atoms with Crippen LogP contribution in [0.3, 0.4) is 0 Å². The number of nitrogens with one attached hydrogen (secondary N) is 1. The summed E-state index contributed by atoms with van der Waals surface area (Å²) in [5.74, 6) is 0.576. The molecular weight excluding hydrogens is 392 g/mol. The zero-order chi connectivity index (χ0) is 22.1. The lowest BCUT2D eigenvalue weighted by Crippen LogP contribution is -2.50. The van der Waals surface area contributed by atoms with Crippen LogP contribution in [0.4, 0.5) is 0 Å². The van der Waals surface area contributed by atoms with Crippen LogP contribution in [-0.2, 0) is 16.1 Å². The minimum Gasteiger partial charge on any atom is -0.354 e. The van der Waals surface area contributed by atoms with Crippen LogP contribution in [-0.4, -0.2) is 35.1 Å². The van der Waals surface area contributed by atoms with Crippen molar-refractivity contribution in [3.63, 3.8) is 0 Å². The van der Waals surface area contributed by atoms with E-state index in [2.05, 4.69) is 19.2 Å². The third-order valence-electron chi connectivity index (χ3n) is 4.93. The average Bonchev–Trinajstić information content (AvgIpc) is 2.72. The van der Waals surface area contributed by atoms with Crippen LogP contribution >= 0.6 is 11.8 Å². The van der Waals surface area contributed by atoms with Gasteiger partial charge in [-0.2, -0.15) is 0 Å². The molecule has 0 spiro atoms. The first-order chi connectivity index (χ1) is 14.3. The molecule has 0 unspecified atom stereocenters. The van der Waals surface area contributed by atoms with E-state index < -0.39 is 6.04 Å². The molecule has 1 N–H and O–H groups in total. The van der Waals surface area contributed by atoms with Crippen molar-refractivity contribution in [2.45, 2.75) is 58.5 Å². The first-order valence-corrected chi connectivity index (χ1v) is 11.6. The summed E-state index contributed by atoms with van der Waals surface area (Å²) in [7, 11) is 0. The van der Waals surface area contributed by atoms with E-state index in [4.69, 9.17) is 0 Å². The fourth-order valence-electron chi connectivity index (χ4n) is 3.09. The minimum absolute atomic E-state index is 0.0207. The van der Waals surface area contributed by atoms with Crippen molar-refractivity contribution in [3.05, 3.63) is 65.2 Å². The van der Waals surface area contributed by atoms with Crippen LogP contribution in [0.1, 0.15) is 43.9 Å². The lowest BCUT2D eigenvalue weighted by molar-refractivity contribution is -0.139. The lowest BCUT2D eigenvalue weighted by atomic mass is 10.1. The topological polar surface area (TPSA) is 49.4 Å². The number of aryl methyl sites for hydroxylation is 2. The van der Waals surface area contributed by atoms with Gasteiger partial charge in [0.2, 0.25) is 11.8 Å². The fourth-order valence-corrected chi connectivity index (χ4v) is 3.88. The summed E-state index contributed by atoms with van der Waals surface area (Å²) in [6.45, 7) is 11.2. The molecule has 0 saturated heterocycles. The summed E-state index contributed by atoms with van der Waals surface area (Å²) in [5, 5.41) is 3.00. The number of carbonyl (C=O) groups excluding carboxylic acids is 2. The van der Waals surface area contributed by atoms with Gasteiger partial charge in [-0.3, -0.25) is 9.59 Å². The smallest absolute Gasteiger partial charge is 0.242 e. The van der Waals surface area contributed by atoms with E-state index in [0.29, 0.717) is 31.2 Å². The van der Waals surface area contributed by atoms with Crippen LogP contribution in [0.5, 0.6) is 0 Å². The summed E-state index contributed by atoms with van der Waals surface area (Å²) >= 11 is 1.51. The normalized spacial score (nSPS) is 11.9. The summed E-state index contributed by atoms with van der Waals surface area (Å²) in [4.78, 5) is 28.9. The quantitative estimate of drug-likeness (QED) is 0.546. The molecule has 4 nitrogen and oxygen atoms in total. The van der Waals surface area contributed by atoms with E-state index in [-0.39, 0.29) is 11.8 Å². The Bertz CT molecular complexity index is 816. The third-order valence-corrected chi connectivity index (χ3v) is 5.92. The Morgan fingerprint density at radius 1 is 0.967 bits per heavy atom. The molecule has 0 aliphatic carbocycles. The van der Waals surface area contributed by atoms with Gasteiger partial charge in [-0.1, -0.05) is 68.3 Å². The average molecular weight is 427 g/mol. The van der Waals surface area contributed by atoms with Crippen molar-refractivity contribution in [1.29, 1.82) is 0 Å². The van der Waals surface area contributed by atoms with Gasteiger partial charge in [0.05, 0.1) is 5.75 Å². The highest BCUT2D eigenvalue weighted by Gasteiger charge is 2.28. The minimum atomic E-state index is -0.476. The molecule has 5 heteroatoms. The predicted octanol–water partition coefficient (Wildman–Crippen LogP) is 4.98. The van der Waals surface area contributed by atoms with Crippen molar-refractivity contribution in [2.75, 3.05) is 12.3 Å². The molecule has 0 bridgehead atoms. The van der Waals surface area contributed by atoms with Crippen LogP contribution in [0, 0.1) is 19.8 Å². The van der Waals surface area contributed by atoms with Gasteiger partial charge in [0.1, 0.15) is 6.04 Å². The number of rotatable bonds is 10. The predicted molar refractivity (Wildman–Crippen MR) is 126 cm³/mol. The van der Waals surface area contributed by atoms with E-state index in [1.807, 2.05) is 69.3 Å². The molecule has 2 amide bonds. The molecule has 1 atom stereocenters. The van der Waals surface area contributed by atoms with E-state index in [1.165, 1.54) is 22.9 Å². The zero-order valence-electron chi connectivity index (χ0n) is 18.8. The highest BCUT2D eigenvalue weighted by atomic mass is 32.2. The molecule has 2 rings (SSSR count). The van der Waals surface area contributed by atoms with Gasteiger partial charge in [-0.05, 0) is 43.9 Å². The molecule has 0 heterocycles. The monoisotopic (exact) mass is 426 g/mol. The fraction of sp³-hybridized carbons (Fsp3) is 0.440. The molecule has 0 aliphatic heterocycles. The van der Waals surface area contributed by atoms with E-state index >= 15 is 0 Å². The highest BCUT2D eigenvalue weighted by Crippen LogP contribution is 2.21. The van der Waals surface area contributed by atoms with Crippen LogP contribution in [0.2, 0.25) is 0 Å². The number of thioether (sulfide) groups is 1. The van der Waals surface area contributed by atoms with Gasteiger partial charge < -0.3 is 10.2 Å². The second-order valence-electron chi connectivity index (χ2n) is 8.17. The Labute approximate surface area is 185 Å². The molecule has 2 aromatic carbocycles. The van der Waals surface area contributed by atoms with Gasteiger partial charge in [0.25, 0.3) is 0 Å². The highest BCUT2D eigenvalue weighted by molar-refractivity contribution is 8.00. The maximum absolute atomic E-state index is 13.2. The standard InChI is InChI=1S/C25H34N2O2S/c1-6-23(25(29)26-15-18(2)3)27(16-21-11-7-19(4)8-12-21)24(28)17-30-22-13-9-20(5)10-14-22/h7-14,18,23H,6,15-17H2,1-5H3,(H,26,29)/t23-/m1/s1. The zero-order valence-corrected chi connectivity index (χ0v) is 19.6. The third kappa shape index (κ3) is 7.52. The number of nitrogens with zero attached hydrogens (tertiary/aromatic N) is 1. The van der Waals surface area contributed by atoms with Crippen LogP contribution in [0.25, 0.3) is 0 Å². The Balaban J connectivity index is 2.17. The molecule has 0 fully saturated rings. The maximum atomic E-state index is 13.2. The summed E-state index contributed by atoms with van der Waals surface area (Å²) < 4.78 is 0. The van der Waals surface area contributed by atoms with Crippen LogP contribution in [0.15, 0.2) is 53.4 Å². The van der Waals surface area contributed by atoms with Gasteiger partial charge in [0.15, 0.2) is 0 Å². The Hall–Kier alpha value is -2.27. The SMILES string of the molecule is CC[C@H](C(=O)NCC(C)C)N(Cc1ccc(C)cc1)C(=O)CSc1ccc(C)cc1. The first kappa shape index (κ1) is 24.0. The van der Waals surface area contributed by atoms with Gasteiger partial charge in [0, 0.05) is 18.0 Å². The van der Waals surface area contributed by atoms with E-state index in [1.54, 1.807) is 4.90 Å². The van der Waals surface area contributed by atoms with Gasteiger partial charge in [-0.15, -0.1) is 11.8 Å².